The van der Waals surface area contributed by atoms with Gasteiger partial charge in [0, 0.05) is 12.5 Å². The van der Waals surface area contributed by atoms with Crippen molar-refractivity contribution < 1.29 is 4.39 Å². The molecule has 3 heterocycles. The lowest BCUT2D eigenvalue weighted by atomic mass is 10.1. The Morgan fingerprint density at radius 1 is 1.32 bits per heavy atom. The lowest BCUT2D eigenvalue weighted by Gasteiger charge is -2.24. The normalized spacial score (nSPS) is 17.5. The van der Waals surface area contributed by atoms with Crippen molar-refractivity contribution in [1.82, 2.24) is 24.7 Å². The fourth-order valence-electron chi connectivity index (χ4n) is 2.92. The second-order valence-electron chi connectivity index (χ2n) is 5.49. The monoisotopic (exact) mass is 298 g/mol. The van der Waals surface area contributed by atoms with E-state index in [1.165, 1.54) is 12.4 Å². The smallest absolute Gasteiger partial charge is 0.147 e. The van der Waals surface area contributed by atoms with Crippen molar-refractivity contribution in [2.24, 2.45) is 0 Å². The summed E-state index contributed by atoms with van der Waals surface area (Å²) >= 11 is 0. The maximum absolute atomic E-state index is 14.1. The van der Waals surface area contributed by atoms with E-state index in [1.54, 1.807) is 12.1 Å². The number of aromatic nitrogens is 5. The van der Waals surface area contributed by atoms with Gasteiger partial charge in [0.25, 0.3) is 0 Å². The van der Waals surface area contributed by atoms with Gasteiger partial charge in [-0.25, -0.2) is 24.0 Å². The molecule has 1 N–H and O–H groups in total. The van der Waals surface area contributed by atoms with Gasteiger partial charge in [-0.05, 0) is 25.5 Å². The highest BCUT2D eigenvalue weighted by atomic mass is 19.1. The Hall–Kier alpha value is -2.57. The molecule has 0 amide bonds. The topological polar surface area (TPSA) is 68.5 Å². The van der Waals surface area contributed by atoms with Crippen LogP contribution in [0.2, 0.25) is 0 Å². The van der Waals surface area contributed by atoms with E-state index >= 15 is 0 Å². The Morgan fingerprint density at radius 2 is 2.23 bits per heavy atom. The quantitative estimate of drug-likeness (QED) is 0.784. The maximum atomic E-state index is 14.1. The maximum Gasteiger partial charge on any atom is 0.147 e. The zero-order chi connectivity index (χ0) is 15.1. The number of hydrogen-bond donors (Lipinski definition) is 1. The number of nitrogens with one attached hydrogen (secondary N) is 1. The van der Waals surface area contributed by atoms with E-state index in [0.29, 0.717) is 23.3 Å². The molecule has 4 rings (SSSR count). The van der Waals surface area contributed by atoms with Gasteiger partial charge in [0.2, 0.25) is 0 Å². The van der Waals surface area contributed by atoms with Crippen molar-refractivity contribution >= 4 is 16.7 Å². The lowest BCUT2D eigenvalue weighted by molar-refractivity contribution is 0.440. The molecule has 22 heavy (non-hydrogen) atoms. The first kappa shape index (κ1) is 13.1. The fraction of sp³-hybridized carbons (Fsp3) is 0.333. The number of benzene rings is 1. The summed E-state index contributed by atoms with van der Waals surface area (Å²) in [6.07, 6.45) is 3.22. The van der Waals surface area contributed by atoms with Crippen molar-refractivity contribution in [3.8, 4) is 0 Å². The molecule has 1 aromatic carbocycles. The summed E-state index contributed by atoms with van der Waals surface area (Å²) in [6.45, 7) is 2.59. The number of aryl methyl sites for hydroxylation is 2. The molecule has 1 unspecified atom stereocenters. The summed E-state index contributed by atoms with van der Waals surface area (Å²) in [7, 11) is 0. The summed E-state index contributed by atoms with van der Waals surface area (Å²) in [4.78, 5) is 12.7. The van der Waals surface area contributed by atoms with Crippen LogP contribution in [-0.2, 0) is 13.0 Å². The number of hydrogen-bond acceptors (Lipinski definition) is 5. The minimum absolute atomic E-state index is 0.145. The van der Waals surface area contributed by atoms with E-state index in [1.807, 2.05) is 11.6 Å². The summed E-state index contributed by atoms with van der Waals surface area (Å²) in [5, 5.41) is 8.15. The fourth-order valence-corrected chi connectivity index (χ4v) is 2.92. The number of anilines is 1. The van der Waals surface area contributed by atoms with Gasteiger partial charge in [0.1, 0.15) is 29.6 Å². The standard InChI is InChI=1S/C15H15FN6/c1-9-19-13-6-5-10(7-22(13)21-9)20-15-14-11(16)3-2-4-12(14)17-8-18-15/h2-4,8,10H,5-7H2,1H3,(H,17,18,20). The lowest BCUT2D eigenvalue weighted by Crippen LogP contribution is -2.32. The van der Waals surface area contributed by atoms with Crippen molar-refractivity contribution in [3.05, 3.63) is 42.0 Å². The van der Waals surface area contributed by atoms with Crippen LogP contribution in [0, 0.1) is 12.7 Å². The number of rotatable bonds is 2. The molecule has 6 nitrogen and oxygen atoms in total. The van der Waals surface area contributed by atoms with E-state index in [2.05, 4.69) is 25.4 Å². The van der Waals surface area contributed by atoms with Gasteiger partial charge in [0.15, 0.2) is 0 Å². The molecule has 0 aliphatic carbocycles. The van der Waals surface area contributed by atoms with Crippen LogP contribution in [0.25, 0.3) is 10.9 Å². The van der Waals surface area contributed by atoms with Crippen LogP contribution in [0.1, 0.15) is 18.1 Å². The molecule has 3 aromatic rings. The van der Waals surface area contributed by atoms with Crippen molar-refractivity contribution in [3.63, 3.8) is 0 Å². The predicted octanol–water partition coefficient (Wildman–Crippen LogP) is 2.10. The van der Waals surface area contributed by atoms with Crippen LogP contribution in [0.4, 0.5) is 10.2 Å². The summed E-state index contributed by atoms with van der Waals surface area (Å²) < 4.78 is 16.0. The zero-order valence-corrected chi connectivity index (χ0v) is 12.1. The first-order valence-electron chi connectivity index (χ1n) is 7.27. The highest BCUT2D eigenvalue weighted by Crippen LogP contribution is 2.24. The molecule has 0 spiro atoms. The molecular formula is C15H15FN6. The Morgan fingerprint density at radius 3 is 3.14 bits per heavy atom. The Labute approximate surface area is 126 Å². The minimum Gasteiger partial charge on any atom is -0.365 e. The molecule has 1 aliphatic heterocycles. The highest BCUT2D eigenvalue weighted by molar-refractivity contribution is 5.89. The molecule has 0 saturated carbocycles. The van der Waals surface area contributed by atoms with Crippen molar-refractivity contribution in [2.45, 2.75) is 32.4 Å². The number of halogens is 1. The summed E-state index contributed by atoms with van der Waals surface area (Å²) in [6, 6.07) is 5.01. The van der Waals surface area contributed by atoms with Gasteiger partial charge in [0.05, 0.1) is 17.4 Å². The van der Waals surface area contributed by atoms with Gasteiger partial charge in [-0.1, -0.05) is 6.07 Å². The Balaban J connectivity index is 1.65. The molecule has 1 aliphatic rings. The Bertz CT molecular complexity index is 838. The van der Waals surface area contributed by atoms with Crippen LogP contribution in [0.5, 0.6) is 0 Å². The summed E-state index contributed by atoms with van der Waals surface area (Å²) in [5.41, 5.74) is 0.602. The SMILES string of the molecule is Cc1nc2n(n1)CC(Nc1ncnc3cccc(F)c13)CC2. The number of fused-ring (bicyclic) bond motifs is 2. The van der Waals surface area contributed by atoms with Crippen LogP contribution >= 0.6 is 0 Å². The van der Waals surface area contributed by atoms with E-state index in [4.69, 9.17) is 0 Å². The molecular weight excluding hydrogens is 283 g/mol. The molecule has 7 heteroatoms. The largest absolute Gasteiger partial charge is 0.365 e. The van der Waals surface area contributed by atoms with E-state index in [9.17, 15) is 4.39 Å². The van der Waals surface area contributed by atoms with Crippen LogP contribution < -0.4 is 5.32 Å². The van der Waals surface area contributed by atoms with Gasteiger partial charge in [-0.3, -0.25) is 0 Å². The molecule has 1 atom stereocenters. The third kappa shape index (κ3) is 2.18. The van der Waals surface area contributed by atoms with Crippen LogP contribution in [0.3, 0.4) is 0 Å². The molecule has 0 fully saturated rings. The predicted molar refractivity (Wildman–Crippen MR) is 80.0 cm³/mol. The average Bonchev–Trinajstić information content (AvgIpc) is 2.87. The van der Waals surface area contributed by atoms with Crippen LogP contribution in [0.15, 0.2) is 24.5 Å². The van der Waals surface area contributed by atoms with E-state index in [0.717, 1.165) is 24.5 Å². The second kappa shape index (κ2) is 5.01. The molecule has 0 radical (unpaired) electrons. The third-order valence-electron chi connectivity index (χ3n) is 3.92. The molecule has 0 saturated heterocycles. The van der Waals surface area contributed by atoms with E-state index in [-0.39, 0.29) is 11.9 Å². The molecule has 0 bridgehead atoms. The summed E-state index contributed by atoms with van der Waals surface area (Å²) in [5.74, 6) is 2.02. The van der Waals surface area contributed by atoms with Gasteiger partial charge >= 0.3 is 0 Å². The van der Waals surface area contributed by atoms with E-state index < -0.39 is 0 Å². The Kier molecular flexibility index (Phi) is 2.99. The van der Waals surface area contributed by atoms with Crippen molar-refractivity contribution in [1.29, 1.82) is 0 Å². The first-order chi connectivity index (χ1) is 10.7. The van der Waals surface area contributed by atoms with Crippen molar-refractivity contribution in [2.75, 3.05) is 5.32 Å². The van der Waals surface area contributed by atoms with Gasteiger partial charge in [-0.2, -0.15) is 5.10 Å². The van der Waals surface area contributed by atoms with Gasteiger partial charge in [-0.15, -0.1) is 0 Å². The molecule has 112 valence electrons. The van der Waals surface area contributed by atoms with Crippen LogP contribution in [-0.4, -0.2) is 30.8 Å². The van der Waals surface area contributed by atoms with Gasteiger partial charge < -0.3 is 5.32 Å². The minimum atomic E-state index is -0.311. The average molecular weight is 298 g/mol. The third-order valence-corrected chi connectivity index (χ3v) is 3.92. The number of nitrogens with zero attached hydrogens (tertiary/aromatic N) is 5. The second-order valence-corrected chi connectivity index (χ2v) is 5.49. The first-order valence-corrected chi connectivity index (χ1v) is 7.27. The highest BCUT2D eigenvalue weighted by Gasteiger charge is 2.22. The zero-order valence-electron chi connectivity index (χ0n) is 12.1. The molecule has 2 aromatic heterocycles.